The highest BCUT2D eigenvalue weighted by Crippen LogP contribution is 2.40. The molecular formula is C18H22N4S. The predicted molar refractivity (Wildman–Crippen MR) is 97.7 cm³/mol. The summed E-state index contributed by atoms with van der Waals surface area (Å²) in [6, 6.07) is 10.2. The van der Waals surface area contributed by atoms with Crippen molar-refractivity contribution in [2.75, 3.05) is 6.54 Å². The third-order valence-corrected chi connectivity index (χ3v) is 5.98. The molecule has 3 heterocycles. The SMILES string of the molecule is N=C1N=C(N)/C(=C/c2ccc(C3CCC4CCCCN43)cc2)S1. The first-order valence-electron chi connectivity index (χ1n) is 8.39. The Hall–Kier alpha value is -1.59. The Morgan fingerprint density at radius 2 is 2.00 bits per heavy atom. The minimum Gasteiger partial charge on any atom is -0.383 e. The van der Waals surface area contributed by atoms with Crippen LogP contribution in [0, 0.1) is 5.41 Å². The summed E-state index contributed by atoms with van der Waals surface area (Å²) in [5.74, 6) is 0.455. The molecule has 3 aliphatic rings. The van der Waals surface area contributed by atoms with Crippen LogP contribution in [0.4, 0.5) is 0 Å². The van der Waals surface area contributed by atoms with Crippen LogP contribution in [0.3, 0.4) is 0 Å². The van der Waals surface area contributed by atoms with E-state index in [1.165, 1.54) is 56.0 Å². The van der Waals surface area contributed by atoms with Gasteiger partial charge < -0.3 is 5.73 Å². The number of nitrogens with two attached hydrogens (primary N) is 1. The summed E-state index contributed by atoms with van der Waals surface area (Å²) in [4.78, 5) is 7.55. The fraction of sp³-hybridized carbons (Fsp3) is 0.444. The lowest BCUT2D eigenvalue weighted by Gasteiger charge is -2.34. The molecule has 0 bridgehead atoms. The first-order valence-corrected chi connectivity index (χ1v) is 9.21. The zero-order valence-electron chi connectivity index (χ0n) is 13.2. The molecule has 0 aromatic heterocycles. The topological polar surface area (TPSA) is 65.5 Å². The summed E-state index contributed by atoms with van der Waals surface area (Å²) in [6.45, 7) is 1.26. The maximum Gasteiger partial charge on any atom is 0.187 e. The molecule has 2 atom stereocenters. The molecule has 3 N–H and O–H groups in total. The predicted octanol–water partition coefficient (Wildman–Crippen LogP) is 3.76. The van der Waals surface area contributed by atoms with Crippen LogP contribution in [0.1, 0.15) is 49.3 Å². The molecule has 2 saturated heterocycles. The fourth-order valence-electron chi connectivity index (χ4n) is 4.03. The van der Waals surface area contributed by atoms with Gasteiger partial charge in [0.25, 0.3) is 0 Å². The molecule has 5 heteroatoms. The molecule has 0 amide bonds. The van der Waals surface area contributed by atoms with Crippen molar-refractivity contribution in [3.8, 4) is 0 Å². The van der Waals surface area contributed by atoms with Gasteiger partial charge in [0.15, 0.2) is 5.17 Å². The molecule has 120 valence electrons. The molecule has 0 saturated carbocycles. The van der Waals surface area contributed by atoms with Crippen molar-refractivity contribution in [3.05, 3.63) is 40.3 Å². The first kappa shape index (κ1) is 15.0. The van der Waals surface area contributed by atoms with Crippen LogP contribution in [0.2, 0.25) is 0 Å². The van der Waals surface area contributed by atoms with Crippen LogP contribution in [0.15, 0.2) is 34.2 Å². The maximum absolute atomic E-state index is 7.56. The lowest BCUT2D eigenvalue weighted by Crippen LogP contribution is -2.35. The van der Waals surface area contributed by atoms with E-state index in [0.717, 1.165) is 16.5 Å². The van der Waals surface area contributed by atoms with Crippen LogP contribution in [-0.4, -0.2) is 28.5 Å². The average molecular weight is 326 g/mol. The number of nitrogens with one attached hydrogen (secondary N) is 1. The van der Waals surface area contributed by atoms with Crippen molar-refractivity contribution in [3.63, 3.8) is 0 Å². The number of nitrogens with zero attached hydrogens (tertiary/aromatic N) is 2. The number of rotatable bonds is 2. The lowest BCUT2D eigenvalue weighted by molar-refractivity contribution is 0.150. The summed E-state index contributed by atoms with van der Waals surface area (Å²) in [5.41, 5.74) is 8.39. The summed E-state index contributed by atoms with van der Waals surface area (Å²) in [6.07, 6.45) is 8.78. The van der Waals surface area contributed by atoms with Crippen molar-refractivity contribution in [1.82, 2.24) is 4.90 Å². The van der Waals surface area contributed by atoms with Crippen molar-refractivity contribution in [2.45, 2.75) is 44.2 Å². The summed E-state index contributed by atoms with van der Waals surface area (Å²) >= 11 is 1.32. The number of aliphatic imine (C=N–C) groups is 1. The molecule has 2 unspecified atom stereocenters. The molecule has 0 radical (unpaired) electrons. The molecular weight excluding hydrogens is 304 g/mol. The van der Waals surface area contributed by atoms with E-state index in [1.807, 2.05) is 6.08 Å². The molecule has 4 nitrogen and oxygen atoms in total. The summed E-state index contributed by atoms with van der Waals surface area (Å²) in [7, 11) is 0. The third kappa shape index (κ3) is 2.95. The Morgan fingerprint density at radius 3 is 2.74 bits per heavy atom. The number of hydrogen-bond donors (Lipinski definition) is 2. The van der Waals surface area contributed by atoms with Gasteiger partial charge >= 0.3 is 0 Å². The fourth-order valence-corrected chi connectivity index (χ4v) is 4.73. The van der Waals surface area contributed by atoms with Crippen LogP contribution in [0.25, 0.3) is 6.08 Å². The van der Waals surface area contributed by atoms with Crippen molar-refractivity contribution < 1.29 is 0 Å². The van der Waals surface area contributed by atoms with Gasteiger partial charge in [0.2, 0.25) is 0 Å². The first-order chi connectivity index (χ1) is 11.2. The maximum atomic E-state index is 7.56. The summed E-state index contributed by atoms with van der Waals surface area (Å²) in [5, 5.41) is 7.83. The minimum atomic E-state index is 0.271. The highest BCUT2D eigenvalue weighted by atomic mass is 32.2. The Bertz CT molecular complexity index is 677. The Labute approximate surface area is 141 Å². The van der Waals surface area contributed by atoms with Crippen molar-refractivity contribution in [2.24, 2.45) is 10.7 Å². The molecule has 0 aliphatic carbocycles. The van der Waals surface area contributed by atoms with Crippen LogP contribution >= 0.6 is 11.8 Å². The quantitative estimate of drug-likeness (QED) is 0.870. The second kappa shape index (κ2) is 6.13. The Morgan fingerprint density at radius 1 is 1.17 bits per heavy atom. The second-order valence-corrected chi connectivity index (χ2v) is 7.59. The number of fused-ring (bicyclic) bond motifs is 1. The number of thioether (sulfide) groups is 1. The van der Waals surface area contributed by atoms with Crippen molar-refractivity contribution >= 4 is 28.8 Å². The Balaban J connectivity index is 1.51. The highest BCUT2D eigenvalue weighted by molar-refractivity contribution is 8.18. The van der Waals surface area contributed by atoms with Crippen LogP contribution < -0.4 is 5.73 Å². The van der Waals surface area contributed by atoms with Gasteiger partial charge in [0, 0.05) is 12.1 Å². The van der Waals surface area contributed by atoms with E-state index >= 15 is 0 Å². The van der Waals surface area contributed by atoms with Gasteiger partial charge in [-0.25, -0.2) is 4.99 Å². The highest BCUT2D eigenvalue weighted by Gasteiger charge is 2.35. The second-order valence-electron chi connectivity index (χ2n) is 6.56. The van der Waals surface area contributed by atoms with Crippen LogP contribution in [-0.2, 0) is 0 Å². The van der Waals surface area contributed by atoms with Gasteiger partial charge in [-0.2, -0.15) is 0 Å². The molecule has 1 aromatic rings. The van der Waals surface area contributed by atoms with Crippen LogP contribution in [0.5, 0.6) is 0 Å². The van der Waals surface area contributed by atoms with E-state index in [1.54, 1.807) is 0 Å². The molecule has 23 heavy (non-hydrogen) atoms. The number of piperidine rings is 1. The molecule has 4 rings (SSSR count). The number of benzene rings is 1. The molecule has 1 aromatic carbocycles. The van der Waals surface area contributed by atoms with E-state index in [2.05, 4.69) is 34.2 Å². The Kier molecular flexibility index (Phi) is 3.99. The standard InChI is InChI=1S/C18H22N4S/c19-17-16(23-18(20)21-17)11-12-4-6-13(7-5-12)15-9-8-14-3-1-2-10-22(14)15/h4-7,11,14-15H,1-3,8-10H2,(H3,19,20,21)/b16-11-. The van der Waals surface area contributed by atoms with Gasteiger partial charge in [-0.1, -0.05) is 30.7 Å². The number of amidine groups is 2. The van der Waals surface area contributed by atoms with Crippen molar-refractivity contribution in [1.29, 1.82) is 5.41 Å². The normalized spacial score (nSPS) is 29.8. The number of hydrogen-bond acceptors (Lipinski definition) is 4. The van der Waals surface area contributed by atoms with E-state index < -0.39 is 0 Å². The van der Waals surface area contributed by atoms with E-state index in [0.29, 0.717) is 11.9 Å². The molecule has 3 aliphatic heterocycles. The van der Waals surface area contributed by atoms with E-state index in [4.69, 9.17) is 11.1 Å². The zero-order chi connectivity index (χ0) is 15.8. The van der Waals surface area contributed by atoms with Gasteiger partial charge in [0.05, 0.1) is 4.91 Å². The monoisotopic (exact) mass is 326 g/mol. The van der Waals surface area contributed by atoms with Gasteiger partial charge in [-0.05, 0) is 61.2 Å². The zero-order valence-corrected chi connectivity index (χ0v) is 14.0. The average Bonchev–Trinajstić information content (AvgIpc) is 3.12. The van der Waals surface area contributed by atoms with E-state index in [-0.39, 0.29) is 5.17 Å². The largest absolute Gasteiger partial charge is 0.383 e. The van der Waals surface area contributed by atoms with Gasteiger partial charge in [0.1, 0.15) is 5.84 Å². The molecule has 0 spiro atoms. The van der Waals surface area contributed by atoms with Gasteiger partial charge in [-0.15, -0.1) is 0 Å². The lowest BCUT2D eigenvalue weighted by atomic mass is 10.0. The molecule has 2 fully saturated rings. The van der Waals surface area contributed by atoms with Gasteiger partial charge in [-0.3, -0.25) is 10.3 Å². The smallest absolute Gasteiger partial charge is 0.187 e. The minimum absolute atomic E-state index is 0.271. The summed E-state index contributed by atoms with van der Waals surface area (Å²) < 4.78 is 0. The third-order valence-electron chi connectivity index (χ3n) is 5.15. The van der Waals surface area contributed by atoms with E-state index in [9.17, 15) is 0 Å².